The van der Waals surface area contributed by atoms with E-state index in [0.29, 0.717) is 11.3 Å². The number of ether oxygens (including phenoxy) is 1. The number of nitrogens with zero attached hydrogens (tertiary/aromatic N) is 1. The number of carbonyl (C=O) groups excluding carboxylic acids is 3. The molecule has 1 aromatic heterocycles. The maximum Gasteiger partial charge on any atom is 0.331 e. The van der Waals surface area contributed by atoms with Crippen molar-refractivity contribution in [3.63, 3.8) is 0 Å². The summed E-state index contributed by atoms with van der Waals surface area (Å²) in [7, 11) is 1.28. The molecule has 0 saturated carbocycles. The van der Waals surface area contributed by atoms with Crippen LogP contribution in [-0.4, -0.2) is 36.3 Å². The fourth-order valence-corrected chi connectivity index (χ4v) is 4.42. The Balaban J connectivity index is 1.95. The molecule has 2 aliphatic heterocycles. The van der Waals surface area contributed by atoms with Crippen molar-refractivity contribution in [3.8, 4) is 0 Å². The molecule has 2 aliphatic rings. The molecular formula is C20H20N2O5. The van der Waals surface area contributed by atoms with Crippen LogP contribution in [0.25, 0.3) is 0 Å². The van der Waals surface area contributed by atoms with E-state index in [-0.39, 0.29) is 18.4 Å². The molecule has 2 amide bonds. The van der Waals surface area contributed by atoms with E-state index in [2.05, 4.69) is 5.32 Å². The van der Waals surface area contributed by atoms with Gasteiger partial charge < -0.3 is 9.15 Å². The number of carbonyl (C=O) groups is 3. The van der Waals surface area contributed by atoms with Crippen molar-refractivity contribution in [3.05, 3.63) is 60.1 Å². The molecule has 0 bridgehead atoms. The molecule has 2 saturated heterocycles. The number of amides is 2. The zero-order valence-electron chi connectivity index (χ0n) is 15.0. The number of hydrogen-bond acceptors (Lipinski definition) is 6. The molecule has 4 rings (SSSR count). The number of nitrogens with one attached hydrogen (secondary N) is 1. The highest BCUT2D eigenvalue weighted by molar-refractivity contribution is 6.09. The van der Waals surface area contributed by atoms with Gasteiger partial charge in [-0.3, -0.25) is 19.8 Å². The van der Waals surface area contributed by atoms with E-state index in [1.54, 1.807) is 43.3 Å². The second-order valence-corrected chi connectivity index (χ2v) is 6.73. The highest BCUT2D eigenvalue weighted by Gasteiger charge is 2.69. The van der Waals surface area contributed by atoms with Gasteiger partial charge in [0.05, 0.1) is 31.3 Å². The van der Waals surface area contributed by atoms with Gasteiger partial charge in [0.1, 0.15) is 5.76 Å². The largest absolute Gasteiger partial charge is 0.468 e. The van der Waals surface area contributed by atoms with Gasteiger partial charge in [-0.25, -0.2) is 4.79 Å². The van der Waals surface area contributed by atoms with Gasteiger partial charge in [0.2, 0.25) is 11.8 Å². The van der Waals surface area contributed by atoms with Crippen molar-refractivity contribution >= 4 is 17.8 Å². The van der Waals surface area contributed by atoms with Crippen molar-refractivity contribution in [2.45, 2.75) is 18.5 Å². The number of imide groups is 1. The summed E-state index contributed by atoms with van der Waals surface area (Å²) in [5.41, 5.74) is -0.880. The number of fused-ring (bicyclic) bond motifs is 1. The summed E-state index contributed by atoms with van der Waals surface area (Å²) < 4.78 is 10.6. The third-order valence-electron chi connectivity index (χ3n) is 5.55. The molecule has 0 aliphatic carbocycles. The van der Waals surface area contributed by atoms with Crippen molar-refractivity contribution in [1.82, 2.24) is 10.2 Å². The SMILES string of the molecule is CCN1C(=O)[C@@H]2[C@@H](C1=O)[C@@](C(=O)OC)(c1ccccc1)N[C@H]2c1ccco1. The summed E-state index contributed by atoms with van der Waals surface area (Å²) in [4.78, 5) is 40.5. The van der Waals surface area contributed by atoms with Crippen molar-refractivity contribution in [1.29, 1.82) is 0 Å². The van der Waals surface area contributed by atoms with Gasteiger partial charge in [-0.1, -0.05) is 30.3 Å². The van der Waals surface area contributed by atoms with Gasteiger partial charge in [-0.2, -0.15) is 0 Å². The van der Waals surface area contributed by atoms with Gasteiger partial charge >= 0.3 is 5.97 Å². The van der Waals surface area contributed by atoms with Crippen molar-refractivity contribution in [2.24, 2.45) is 11.8 Å². The standard InChI is InChI=1S/C20H20N2O5/c1-3-22-17(23)14-15(18(22)24)20(19(25)26-2,12-8-5-4-6-9-12)21-16(14)13-10-7-11-27-13/h4-11,14-16,21H,3H2,1-2H3/t14-,15+,16+,20-/m1/s1. The van der Waals surface area contributed by atoms with E-state index in [9.17, 15) is 14.4 Å². The van der Waals surface area contributed by atoms with Gasteiger partial charge in [-0.15, -0.1) is 0 Å². The van der Waals surface area contributed by atoms with E-state index >= 15 is 0 Å². The Morgan fingerprint density at radius 3 is 2.52 bits per heavy atom. The first-order valence-electron chi connectivity index (χ1n) is 8.86. The molecule has 27 heavy (non-hydrogen) atoms. The summed E-state index contributed by atoms with van der Waals surface area (Å²) in [6.45, 7) is 2.00. The predicted octanol–water partition coefficient (Wildman–Crippen LogP) is 1.61. The molecule has 140 valence electrons. The maximum absolute atomic E-state index is 13.2. The number of esters is 1. The molecule has 4 atom stereocenters. The zero-order valence-corrected chi connectivity index (χ0v) is 15.0. The lowest BCUT2D eigenvalue weighted by Gasteiger charge is -2.32. The fraction of sp³-hybridized carbons (Fsp3) is 0.350. The van der Waals surface area contributed by atoms with Crippen LogP contribution in [0.15, 0.2) is 53.1 Å². The molecule has 1 N–H and O–H groups in total. The Labute approximate surface area is 156 Å². The normalized spacial score (nSPS) is 29.9. The summed E-state index contributed by atoms with van der Waals surface area (Å²) in [5, 5.41) is 3.24. The Morgan fingerprint density at radius 1 is 1.19 bits per heavy atom. The average Bonchev–Trinajstić information content (AvgIpc) is 3.39. The van der Waals surface area contributed by atoms with Gasteiger partial charge in [0.15, 0.2) is 5.54 Å². The Hall–Kier alpha value is -2.93. The van der Waals surface area contributed by atoms with Crippen LogP contribution in [0, 0.1) is 11.8 Å². The molecule has 7 nitrogen and oxygen atoms in total. The monoisotopic (exact) mass is 368 g/mol. The number of rotatable bonds is 4. The van der Waals surface area contributed by atoms with Gasteiger partial charge in [0.25, 0.3) is 0 Å². The quantitative estimate of drug-likeness (QED) is 0.652. The van der Waals surface area contributed by atoms with Gasteiger partial charge in [-0.05, 0) is 24.6 Å². The van der Waals surface area contributed by atoms with Crippen LogP contribution in [0.4, 0.5) is 0 Å². The number of likely N-dealkylation sites (tertiary alicyclic amines) is 1. The topological polar surface area (TPSA) is 88.9 Å². The molecular weight excluding hydrogens is 348 g/mol. The first kappa shape index (κ1) is 17.5. The lowest BCUT2D eigenvalue weighted by Crippen LogP contribution is -2.53. The van der Waals surface area contributed by atoms with Crippen LogP contribution in [0.3, 0.4) is 0 Å². The summed E-state index contributed by atoms with van der Waals surface area (Å²) in [6.07, 6.45) is 1.51. The molecule has 0 radical (unpaired) electrons. The first-order chi connectivity index (χ1) is 13.1. The van der Waals surface area contributed by atoms with Crippen LogP contribution in [-0.2, 0) is 24.7 Å². The lowest BCUT2D eigenvalue weighted by atomic mass is 9.75. The number of methoxy groups -OCH3 is 1. The Morgan fingerprint density at radius 2 is 1.93 bits per heavy atom. The van der Waals surface area contributed by atoms with Gasteiger partial charge in [0, 0.05) is 6.54 Å². The molecule has 2 fully saturated rings. The van der Waals surface area contributed by atoms with Crippen LogP contribution in [0.2, 0.25) is 0 Å². The highest BCUT2D eigenvalue weighted by Crippen LogP contribution is 2.53. The van der Waals surface area contributed by atoms with Crippen LogP contribution >= 0.6 is 0 Å². The highest BCUT2D eigenvalue weighted by atomic mass is 16.5. The second-order valence-electron chi connectivity index (χ2n) is 6.73. The Bertz CT molecular complexity index is 879. The Kier molecular flexibility index (Phi) is 4.11. The molecule has 1 aromatic carbocycles. The molecule has 7 heteroatoms. The zero-order chi connectivity index (χ0) is 19.2. The molecule has 2 aromatic rings. The van der Waals surface area contributed by atoms with E-state index in [0.717, 1.165) is 0 Å². The second kappa shape index (κ2) is 6.35. The van der Waals surface area contributed by atoms with E-state index in [1.807, 2.05) is 6.07 Å². The van der Waals surface area contributed by atoms with E-state index in [1.165, 1.54) is 18.3 Å². The van der Waals surface area contributed by atoms with E-state index < -0.39 is 29.4 Å². The number of hydrogen-bond donors (Lipinski definition) is 1. The van der Waals surface area contributed by atoms with Crippen LogP contribution in [0.1, 0.15) is 24.3 Å². The minimum absolute atomic E-state index is 0.252. The molecule has 0 unspecified atom stereocenters. The van der Waals surface area contributed by atoms with Crippen LogP contribution < -0.4 is 5.32 Å². The lowest BCUT2D eigenvalue weighted by molar-refractivity contribution is -0.154. The third-order valence-corrected chi connectivity index (χ3v) is 5.55. The molecule has 3 heterocycles. The number of benzene rings is 1. The summed E-state index contributed by atoms with van der Waals surface area (Å²) in [5.74, 6) is -2.42. The van der Waals surface area contributed by atoms with Crippen molar-refractivity contribution < 1.29 is 23.5 Å². The summed E-state index contributed by atoms with van der Waals surface area (Å²) in [6, 6.07) is 11.8. The summed E-state index contributed by atoms with van der Waals surface area (Å²) >= 11 is 0. The predicted molar refractivity (Wildman–Crippen MR) is 94.1 cm³/mol. The average molecular weight is 368 g/mol. The van der Waals surface area contributed by atoms with Crippen LogP contribution in [0.5, 0.6) is 0 Å². The van der Waals surface area contributed by atoms with Crippen molar-refractivity contribution in [2.75, 3.05) is 13.7 Å². The molecule has 0 spiro atoms. The number of furan rings is 1. The fourth-order valence-electron chi connectivity index (χ4n) is 4.42. The maximum atomic E-state index is 13.2. The first-order valence-corrected chi connectivity index (χ1v) is 8.86. The van der Waals surface area contributed by atoms with E-state index in [4.69, 9.17) is 9.15 Å². The minimum atomic E-state index is -1.46. The third kappa shape index (κ3) is 2.28. The smallest absolute Gasteiger partial charge is 0.331 e. The minimum Gasteiger partial charge on any atom is -0.468 e.